The quantitative estimate of drug-likeness (QED) is 0.654. The molecule has 5 rings (SSSR count). The Kier molecular flexibility index (Phi) is 5.01. The molecule has 0 unspecified atom stereocenters. The van der Waals surface area contributed by atoms with Crippen LogP contribution in [0.2, 0.25) is 0 Å². The molecule has 2 N–H and O–H groups in total. The summed E-state index contributed by atoms with van der Waals surface area (Å²) in [6.45, 7) is 7.73. The average Bonchev–Trinajstić information content (AvgIpc) is 3.48. The molecule has 5 atom stereocenters. The second-order valence-electron chi connectivity index (χ2n) is 11.7. The number of likely N-dealkylation sites (tertiary alicyclic amines) is 1. The van der Waals surface area contributed by atoms with Crippen molar-refractivity contribution >= 4 is 17.7 Å². The third-order valence-corrected chi connectivity index (χ3v) is 8.35. The lowest BCUT2D eigenvalue weighted by Gasteiger charge is -2.40. The van der Waals surface area contributed by atoms with Crippen molar-refractivity contribution in [3.8, 4) is 0 Å². The fraction of sp³-hybridized carbons (Fsp3) is 0.800. The first-order valence-corrected chi connectivity index (χ1v) is 12.4. The average molecular weight is 444 g/mol. The summed E-state index contributed by atoms with van der Waals surface area (Å²) < 4.78 is 6.57. The first-order chi connectivity index (χ1) is 15.1. The van der Waals surface area contributed by atoms with Gasteiger partial charge in [0.25, 0.3) is 0 Å². The molecule has 7 heteroatoms. The van der Waals surface area contributed by atoms with E-state index in [1.807, 2.05) is 39.8 Å². The lowest BCUT2D eigenvalue weighted by atomic mass is 9.70. The monoisotopic (exact) mass is 443 g/mol. The highest BCUT2D eigenvalue weighted by Gasteiger charge is 2.77. The summed E-state index contributed by atoms with van der Waals surface area (Å²) in [7, 11) is 0. The number of rotatable bonds is 4. The van der Waals surface area contributed by atoms with Gasteiger partial charge in [-0.2, -0.15) is 0 Å². The Bertz CT molecular complexity index is 852. The highest BCUT2D eigenvalue weighted by atomic mass is 16.5. The Labute approximate surface area is 190 Å². The van der Waals surface area contributed by atoms with Gasteiger partial charge in [0.1, 0.15) is 11.6 Å². The Morgan fingerprint density at radius 2 is 1.50 bits per heavy atom. The Morgan fingerprint density at radius 3 is 2.03 bits per heavy atom. The van der Waals surface area contributed by atoms with Gasteiger partial charge in [-0.3, -0.25) is 14.4 Å². The molecule has 3 amide bonds. The van der Waals surface area contributed by atoms with E-state index in [0.717, 1.165) is 51.4 Å². The van der Waals surface area contributed by atoms with Crippen molar-refractivity contribution in [2.75, 3.05) is 0 Å². The molecule has 1 spiro atoms. The third kappa shape index (κ3) is 3.14. The second-order valence-corrected chi connectivity index (χ2v) is 11.7. The highest BCUT2D eigenvalue weighted by molar-refractivity contribution is 6.00. The number of nitrogens with zero attached hydrogens (tertiary/aromatic N) is 1. The van der Waals surface area contributed by atoms with Crippen molar-refractivity contribution in [2.45, 2.75) is 114 Å². The fourth-order valence-electron chi connectivity index (χ4n) is 6.96. The fourth-order valence-corrected chi connectivity index (χ4v) is 6.96. The number of hydrogen-bond acceptors (Lipinski definition) is 4. The number of nitrogens with one attached hydrogen (secondary N) is 2. The zero-order valence-electron chi connectivity index (χ0n) is 19.8. The van der Waals surface area contributed by atoms with Crippen LogP contribution in [0.25, 0.3) is 0 Å². The van der Waals surface area contributed by atoms with E-state index in [1.54, 1.807) is 4.90 Å². The van der Waals surface area contributed by atoms with Gasteiger partial charge in [-0.1, -0.05) is 37.8 Å². The molecule has 32 heavy (non-hydrogen) atoms. The molecule has 2 saturated carbocycles. The van der Waals surface area contributed by atoms with Crippen molar-refractivity contribution in [3.05, 3.63) is 12.2 Å². The first kappa shape index (κ1) is 21.9. The lowest BCUT2D eigenvalue weighted by Crippen LogP contribution is -2.60. The van der Waals surface area contributed by atoms with Crippen molar-refractivity contribution in [1.29, 1.82) is 0 Å². The zero-order chi connectivity index (χ0) is 22.9. The van der Waals surface area contributed by atoms with Gasteiger partial charge in [-0.25, -0.2) is 0 Å². The Hall–Kier alpha value is -1.89. The molecular formula is C25H37N3O4. The smallest absolute Gasteiger partial charge is 0.246 e. The van der Waals surface area contributed by atoms with Crippen molar-refractivity contribution in [1.82, 2.24) is 15.5 Å². The lowest BCUT2D eigenvalue weighted by molar-refractivity contribution is -0.150. The molecule has 3 aliphatic heterocycles. The van der Waals surface area contributed by atoms with Crippen LogP contribution in [-0.4, -0.2) is 57.5 Å². The SMILES string of the molecule is CC(C)(C)N1C(=O)[C@@H]2[C@@H](C(=O)NC3CCCC3)[C@]3(C)C=C[C@]2(O3)[C@@H]1C(=O)NC1CCCC1. The van der Waals surface area contributed by atoms with E-state index in [0.29, 0.717) is 0 Å². The predicted molar refractivity (Wildman–Crippen MR) is 120 cm³/mol. The van der Waals surface area contributed by atoms with Crippen LogP contribution in [0.4, 0.5) is 0 Å². The molecule has 0 aromatic rings. The predicted octanol–water partition coefficient (Wildman–Crippen LogP) is 2.44. The van der Waals surface area contributed by atoms with Gasteiger partial charge in [0.15, 0.2) is 0 Å². The summed E-state index contributed by atoms with van der Waals surface area (Å²) in [6.07, 6.45) is 12.2. The van der Waals surface area contributed by atoms with Crippen LogP contribution in [0.1, 0.15) is 79.1 Å². The number of carbonyl (C=O) groups is 3. The van der Waals surface area contributed by atoms with Gasteiger partial charge in [0, 0.05) is 17.6 Å². The molecule has 2 bridgehead atoms. The van der Waals surface area contributed by atoms with Gasteiger partial charge < -0.3 is 20.3 Å². The van der Waals surface area contributed by atoms with E-state index in [1.165, 1.54) is 0 Å². The van der Waals surface area contributed by atoms with Gasteiger partial charge in [0.05, 0.1) is 17.4 Å². The van der Waals surface area contributed by atoms with Gasteiger partial charge in [0.2, 0.25) is 17.7 Å². The van der Waals surface area contributed by atoms with Crippen molar-refractivity contribution in [3.63, 3.8) is 0 Å². The number of amides is 3. The van der Waals surface area contributed by atoms with Crippen LogP contribution >= 0.6 is 0 Å². The number of carbonyl (C=O) groups excluding carboxylic acids is 3. The van der Waals surface area contributed by atoms with E-state index in [-0.39, 0.29) is 29.8 Å². The molecule has 2 saturated heterocycles. The largest absolute Gasteiger partial charge is 0.356 e. The van der Waals surface area contributed by atoms with Gasteiger partial charge in [-0.05, 0) is 53.4 Å². The van der Waals surface area contributed by atoms with Gasteiger partial charge in [-0.15, -0.1) is 0 Å². The van der Waals surface area contributed by atoms with Crippen LogP contribution in [0.15, 0.2) is 12.2 Å². The number of fused-ring (bicyclic) bond motifs is 1. The Balaban J connectivity index is 1.50. The maximum absolute atomic E-state index is 13.9. The molecule has 176 valence electrons. The summed E-state index contributed by atoms with van der Waals surface area (Å²) in [5, 5.41) is 6.39. The molecule has 2 aliphatic carbocycles. The van der Waals surface area contributed by atoms with E-state index in [9.17, 15) is 14.4 Å². The van der Waals surface area contributed by atoms with Crippen molar-refractivity contribution < 1.29 is 19.1 Å². The maximum Gasteiger partial charge on any atom is 0.246 e. The van der Waals surface area contributed by atoms with Crippen LogP contribution in [0.3, 0.4) is 0 Å². The van der Waals surface area contributed by atoms with E-state index >= 15 is 0 Å². The molecule has 0 radical (unpaired) electrons. The van der Waals surface area contributed by atoms with E-state index < -0.39 is 34.6 Å². The minimum atomic E-state index is -1.10. The highest BCUT2D eigenvalue weighted by Crippen LogP contribution is 2.60. The van der Waals surface area contributed by atoms with Gasteiger partial charge >= 0.3 is 0 Å². The zero-order valence-corrected chi connectivity index (χ0v) is 19.8. The number of hydrogen-bond donors (Lipinski definition) is 2. The third-order valence-electron chi connectivity index (χ3n) is 8.35. The summed E-state index contributed by atoms with van der Waals surface area (Å²) in [5.41, 5.74) is -2.55. The summed E-state index contributed by atoms with van der Waals surface area (Å²) in [6, 6.07) is -0.459. The standard InChI is InChI=1S/C25H37N3O4/c1-23(2,3)28-19(21(30)27-16-11-7-8-12-16)25-14-13-24(4,32-25)17(18(25)22(28)31)20(29)26-15-9-5-6-10-15/h13-19H,5-12H2,1-4H3,(H,26,29)(H,27,30)/t17-,18-,19-,24-,25+/m0/s1. The summed E-state index contributed by atoms with van der Waals surface area (Å²) in [4.78, 5) is 42.8. The number of ether oxygens (including phenoxy) is 1. The molecule has 3 heterocycles. The summed E-state index contributed by atoms with van der Waals surface area (Å²) >= 11 is 0. The molecule has 4 fully saturated rings. The molecular weight excluding hydrogens is 406 g/mol. The maximum atomic E-state index is 13.9. The first-order valence-electron chi connectivity index (χ1n) is 12.4. The molecule has 0 aromatic heterocycles. The van der Waals surface area contributed by atoms with E-state index in [4.69, 9.17) is 4.74 Å². The van der Waals surface area contributed by atoms with Crippen molar-refractivity contribution in [2.24, 2.45) is 11.8 Å². The molecule has 7 nitrogen and oxygen atoms in total. The van der Waals surface area contributed by atoms with E-state index in [2.05, 4.69) is 10.6 Å². The van der Waals surface area contributed by atoms with Crippen LogP contribution in [-0.2, 0) is 19.1 Å². The normalized spacial score (nSPS) is 39.2. The topological polar surface area (TPSA) is 87.7 Å². The molecule has 0 aromatic carbocycles. The molecule has 5 aliphatic rings. The summed E-state index contributed by atoms with van der Waals surface area (Å²) in [5.74, 6) is -1.74. The second kappa shape index (κ2) is 7.31. The minimum Gasteiger partial charge on any atom is -0.356 e. The minimum absolute atomic E-state index is 0.116. The van der Waals surface area contributed by atoms with Crippen LogP contribution in [0, 0.1) is 11.8 Å². The Morgan fingerprint density at radius 1 is 0.969 bits per heavy atom. The van der Waals surface area contributed by atoms with Crippen LogP contribution in [0.5, 0.6) is 0 Å². The van der Waals surface area contributed by atoms with Crippen LogP contribution < -0.4 is 10.6 Å².